The van der Waals surface area contributed by atoms with Gasteiger partial charge in [-0.15, -0.1) is 0 Å². The Morgan fingerprint density at radius 2 is 1.96 bits per heavy atom. The van der Waals surface area contributed by atoms with E-state index in [-0.39, 0.29) is 5.91 Å². The molecule has 0 atom stereocenters. The second kappa shape index (κ2) is 7.77. The standard InChI is InChI=1S/C16H22BrN3O3S/c1-4-18-14(24)20-19-13(21)15(9-16(10-15,22-2)23-3)11-6-5-7-12(17)8-11/h5-8H,4,9-10H2,1-3H3,(H,19,21)(H2,18,20,24). The van der Waals surface area contributed by atoms with Crippen LogP contribution in [0.5, 0.6) is 0 Å². The molecule has 1 aromatic carbocycles. The van der Waals surface area contributed by atoms with E-state index in [4.69, 9.17) is 21.7 Å². The number of carbonyl (C=O) groups is 1. The fourth-order valence-electron chi connectivity index (χ4n) is 2.96. The first-order valence-electron chi connectivity index (χ1n) is 7.62. The molecule has 0 aromatic heterocycles. The van der Waals surface area contributed by atoms with E-state index in [0.29, 0.717) is 24.5 Å². The van der Waals surface area contributed by atoms with Crippen molar-refractivity contribution in [2.75, 3.05) is 20.8 Å². The Bertz CT molecular complexity index is 614. The summed E-state index contributed by atoms with van der Waals surface area (Å²) < 4.78 is 11.9. The van der Waals surface area contributed by atoms with Crippen molar-refractivity contribution in [1.29, 1.82) is 0 Å². The van der Waals surface area contributed by atoms with Gasteiger partial charge in [0.15, 0.2) is 10.9 Å². The fraction of sp³-hybridized carbons (Fsp3) is 0.500. The molecule has 2 rings (SSSR count). The minimum absolute atomic E-state index is 0.175. The number of benzene rings is 1. The molecule has 1 amide bonds. The van der Waals surface area contributed by atoms with Crippen LogP contribution in [0.15, 0.2) is 28.7 Å². The number of halogens is 1. The van der Waals surface area contributed by atoms with Gasteiger partial charge in [0.1, 0.15) is 0 Å². The molecule has 8 heteroatoms. The summed E-state index contributed by atoms with van der Waals surface area (Å²) in [5.74, 6) is -0.924. The van der Waals surface area contributed by atoms with Gasteiger partial charge < -0.3 is 14.8 Å². The number of methoxy groups -OCH3 is 2. The number of hydrazine groups is 1. The smallest absolute Gasteiger partial charge is 0.249 e. The Morgan fingerprint density at radius 1 is 1.29 bits per heavy atom. The lowest BCUT2D eigenvalue weighted by atomic mass is 9.60. The summed E-state index contributed by atoms with van der Waals surface area (Å²) in [6.07, 6.45) is 0.843. The largest absolute Gasteiger partial charge is 0.362 e. The number of hydrogen-bond donors (Lipinski definition) is 3. The summed E-state index contributed by atoms with van der Waals surface area (Å²) in [7, 11) is 3.18. The quantitative estimate of drug-likeness (QED) is 0.388. The minimum atomic E-state index is -0.748. The molecule has 0 aliphatic heterocycles. The van der Waals surface area contributed by atoms with Crippen molar-refractivity contribution < 1.29 is 14.3 Å². The van der Waals surface area contributed by atoms with Crippen LogP contribution < -0.4 is 16.2 Å². The van der Waals surface area contributed by atoms with Gasteiger partial charge in [0.2, 0.25) is 5.91 Å². The number of hydrogen-bond acceptors (Lipinski definition) is 4. The van der Waals surface area contributed by atoms with Crippen molar-refractivity contribution >= 4 is 39.2 Å². The van der Waals surface area contributed by atoms with E-state index in [2.05, 4.69) is 32.1 Å². The van der Waals surface area contributed by atoms with Gasteiger partial charge in [0, 0.05) is 38.1 Å². The molecular weight excluding hydrogens is 394 g/mol. The zero-order valence-corrected chi connectivity index (χ0v) is 16.3. The normalized spacial score (nSPS) is 17.5. The van der Waals surface area contributed by atoms with Crippen LogP contribution >= 0.6 is 28.1 Å². The highest BCUT2D eigenvalue weighted by atomic mass is 79.9. The predicted molar refractivity (Wildman–Crippen MR) is 99.4 cm³/mol. The molecule has 0 radical (unpaired) electrons. The molecule has 1 aliphatic rings. The second-order valence-electron chi connectivity index (χ2n) is 5.70. The zero-order chi connectivity index (χ0) is 17.8. The summed E-state index contributed by atoms with van der Waals surface area (Å²) in [5, 5.41) is 3.30. The molecule has 6 nitrogen and oxygen atoms in total. The van der Waals surface area contributed by atoms with Crippen LogP contribution in [0.25, 0.3) is 0 Å². The summed E-state index contributed by atoms with van der Waals surface area (Å²) in [5.41, 5.74) is 5.58. The zero-order valence-electron chi connectivity index (χ0n) is 13.9. The van der Waals surface area contributed by atoms with Crippen LogP contribution in [0.2, 0.25) is 0 Å². The van der Waals surface area contributed by atoms with E-state index in [0.717, 1.165) is 10.0 Å². The van der Waals surface area contributed by atoms with E-state index >= 15 is 0 Å². The van der Waals surface area contributed by atoms with E-state index in [1.165, 1.54) is 0 Å². The molecule has 0 saturated heterocycles. The van der Waals surface area contributed by atoms with Crippen molar-refractivity contribution in [3.8, 4) is 0 Å². The van der Waals surface area contributed by atoms with Crippen LogP contribution in [-0.4, -0.2) is 37.6 Å². The van der Waals surface area contributed by atoms with Crippen molar-refractivity contribution in [2.45, 2.75) is 31.0 Å². The number of ether oxygens (including phenoxy) is 2. The third-order valence-corrected chi connectivity index (χ3v) is 5.06. The van der Waals surface area contributed by atoms with E-state index < -0.39 is 11.2 Å². The minimum Gasteiger partial charge on any atom is -0.362 e. The number of rotatable bonds is 5. The van der Waals surface area contributed by atoms with Crippen molar-refractivity contribution in [2.24, 2.45) is 0 Å². The van der Waals surface area contributed by atoms with E-state index in [1.807, 2.05) is 31.2 Å². The molecule has 0 unspecified atom stereocenters. The molecule has 1 saturated carbocycles. The summed E-state index contributed by atoms with van der Waals surface area (Å²) in [4.78, 5) is 12.9. The highest BCUT2D eigenvalue weighted by molar-refractivity contribution is 9.10. The summed E-state index contributed by atoms with van der Waals surface area (Å²) >= 11 is 8.54. The van der Waals surface area contributed by atoms with E-state index in [9.17, 15) is 4.79 Å². The predicted octanol–water partition coefficient (Wildman–Crippen LogP) is 1.99. The van der Waals surface area contributed by atoms with Gasteiger partial charge >= 0.3 is 0 Å². The van der Waals surface area contributed by atoms with Gasteiger partial charge in [-0.05, 0) is 36.8 Å². The van der Waals surface area contributed by atoms with Gasteiger partial charge in [-0.1, -0.05) is 28.1 Å². The lowest BCUT2D eigenvalue weighted by Crippen LogP contribution is -2.65. The lowest BCUT2D eigenvalue weighted by molar-refractivity contribution is -0.274. The van der Waals surface area contributed by atoms with Crippen LogP contribution in [-0.2, 0) is 19.7 Å². The first-order chi connectivity index (χ1) is 11.4. The molecule has 0 bridgehead atoms. The highest BCUT2D eigenvalue weighted by Gasteiger charge is 2.61. The SMILES string of the molecule is CCNC(=S)NNC(=O)C1(c2cccc(Br)c2)CC(OC)(OC)C1. The number of thiocarbonyl (C=S) groups is 1. The van der Waals surface area contributed by atoms with E-state index in [1.54, 1.807) is 14.2 Å². The Hall–Kier alpha value is -1.22. The molecule has 0 spiro atoms. The van der Waals surface area contributed by atoms with Crippen LogP contribution in [0.1, 0.15) is 25.3 Å². The fourth-order valence-corrected chi connectivity index (χ4v) is 3.55. The Morgan fingerprint density at radius 3 is 2.50 bits per heavy atom. The van der Waals surface area contributed by atoms with Crippen LogP contribution in [0.4, 0.5) is 0 Å². The van der Waals surface area contributed by atoms with Gasteiger partial charge in [-0.2, -0.15) is 0 Å². The van der Waals surface area contributed by atoms with Gasteiger partial charge in [0.05, 0.1) is 5.41 Å². The number of carbonyl (C=O) groups excluding carboxylic acids is 1. The first kappa shape index (κ1) is 19.1. The molecule has 24 heavy (non-hydrogen) atoms. The maximum atomic E-state index is 12.9. The summed E-state index contributed by atoms with van der Waals surface area (Å²) in [6.45, 7) is 2.60. The number of nitrogens with one attached hydrogen (secondary N) is 3. The van der Waals surface area contributed by atoms with Crippen LogP contribution in [0.3, 0.4) is 0 Å². The Kier molecular flexibility index (Phi) is 6.19. The van der Waals surface area contributed by atoms with Gasteiger partial charge in [-0.25, -0.2) is 0 Å². The molecule has 3 N–H and O–H groups in total. The second-order valence-corrected chi connectivity index (χ2v) is 7.03. The first-order valence-corrected chi connectivity index (χ1v) is 8.82. The highest BCUT2D eigenvalue weighted by Crippen LogP contribution is 2.52. The molecular formula is C16H22BrN3O3S. The topological polar surface area (TPSA) is 71.6 Å². The van der Waals surface area contributed by atoms with Gasteiger partial charge in [-0.3, -0.25) is 15.6 Å². The van der Waals surface area contributed by atoms with Gasteiger partial charge in [0.25, 0.3) is 0 Å². The van der Waals surface area contributed by atoms with Crippen LogP contribution in [0, 0.1) is 0 Å². The average Bonchev–Trinajstić information content (AvgIpc) is 2.53. The van der Waals surface area contributed by atoms with Crippen molar-refractivity contribution in [1.82, 2.24) is 16.2 Å². The third kappa shape index (κ3) is 3.72. The maximum absolute atomic E-state index is 12.9. The van der Waals surface area contributed by atoms with Crippen molar-refractivity contribution in [3.05, 3.63) is 34.3 Å². The molecule has 1 aliphatic carbocycles. The third-order valence-electron chi connectivity index (χ3n) is 4.32. The lowest BCUT2D eigenvalue weighted by Gasteiger charge is -2.53. The molecule has 1 aromatic rings. The Balaban J connectivity index is 2.22. The molecule has 0 heterocycles. The molecule has 132 valence electrons. The summed E-state index contributed by atoms with van der Waals surface area (Å²) in [6, 6.07) is 7.70. The monoisotopic (exact) mass is 415 g/mol. The Labute approximate surface area is 155 Å². The molecule has 1 fully saturated rings. The average molecular weight is 416 g/mol. The number of amides is 1. The van der Waals surface area contributed by atoms with Crippen molar-refractivity contribution in [3.63, 3.8) is 0 Å². The maximum Gasteiger partial charge on any atom is 0.249 e.